The number of rotatable bonds is 11. The van der Waals surface area contributed by atoms with Crippen LogP contribution in [0.4, 0.5) is 0 Å². The standard InChI is InChI=1S/C28H37ClN2O4/c1-4-16-35-24-15-14-22(17-25(24)34-3)27(28(33)30-23-8-6-5-7-9-23)31(26(32)18-29)19-21-12-10-20(2)11-13-21/h10-15,17,23,27H,4-9,16,18-19H2,1-3H3,(H,30,33). The first-order valence-electron chi connectivity index (χ1n) is 12.5. The van der Waals surface area contributed by atoms with Crippen LogP contribution in [0, 0.1) is 6.92 Å². The largest absolute Gasteiger partial charge is 0.493 e. The Balaban J connectivity index is 1.99. The lowest BCUT2D eigenvalue weighted by Gasteiger charge is -2.33. The Hall–Kier alpha value is -2.73. The monoisotopic (exact) mass is 500 g/mol. The Kier molecular flexibility index (Phi) is 10.3. The number of amides is 2. The predicted molar refractivity (Wildman–Crippen MR) is 139 cm³/mol. The number of nitrogens with zero attached hydrogens (tertiary/aromatic N) is 1. The Bertz CT molecular complexity index is 973. The number of aryl methyl sites for hydroxylation is 1. The highest BCUT2D eigenvalue weighted by atomic mass is 35.5. The summed E-state index contributed by atoms with van der Waals surface area (Å²) < 4.78 is 11.4. The average molecular weight is 501 g/mol. The molecule has 0 aromatic heterocycles. The van der Waals surface area contributed by atoms with Crippen molar-refractivity contribution in [1.29, 1.82) is 0 Å². The van der Waals surface area contributed by atoms with E-state index >= 15 is 0 Å². The molecule has 1 aliphatic rings. The molecular formula is C28H37ClN2O4. The highest BCUT2D eigenvalue weighted by Crippen LogP contribution is 2.34. The molecule has 0 heterocycles. The van der Waals surface area contributed by atoms with Gasteiger partial charge < -0.3 is 19.7 Å². The number of methoxy groups -OCH3 is 1. The number of benzene rings is 2. The van der Waals surface area contributed by atoms with Crippen molar-refractivity contribution in [3.05, 3.63) is 59.2 Å². The number of carbonyl (C=O) groups is 2. The van der Waals surface area contributed by atoms with Crippen molar-refractivity contribution in [2.24, 2.45) is 0 Å². The van der Waals surface area contributed by atoms with Crippen molar-refractivity contribution in [3.8, 4) is 11.5 Å². The lowest BCUT2D eigenvalue weighted by molar-refractivity contribution is -0.140. The number of carbonyl (C=O) groups excluding carboxylic acids is 2. The molecule has 3 rings (SSSR count). The zero-order valence-corrected chi connectivity index (χ0v) is 21.8. The van der Waals surface area contributed by atoms with Gasteiger partial charge in [0.1, 0.15) is 11.9 Å². The van der Waals surface area contributed by atoms with E-state index in [1.807, 2.05) is 44.2 Å². The van der Waals surface area contributed by atoms with Gasteiger partial charge >= 0.3 is 0 Å². The van der Waals surface area contributed by atoms with Gasteiger partial charge in [-0.05, 0) is 49.4 Å². The second-order valence-electron chi connectivity index (χ2n) is 9.15. The van der Waals surface area contributed by atoms with Gasteiger partial charge in [-0.1, -0.05) is 62.1 Å². The molecule has 190 valence electrons. The van der Waals surface area contributed by atoms with Crippen LogP contribution in [-0.2, 0) is 16.1 Å². The molecule has 0 spiro atoms. The van der Waals surface area contributed by atoms with E-state index in [0.29, 0.717) is 23.7 Å². The molecule has 2 aromatic carbocycles. The van der Waals surface area contributed by atoms with Gasteiger partial charge in [0.15, 0.2) is 11.5 Å². The Morgan fingerprint density at radius 3 is 2.43 bits per heavy atom. The number of hydrogen-bond acceptors (Lipinski definition) is 4. The van der Waals surface area contributed by atoms with E-state index < -0.39 is 6.04 Å². The summed E-state index contributed by atoms with van der Waals surface area (Å²) in [5, 5.41) is 3.21. The molecule has 0 saturated heterocycles. The first-order chi connectivity index (χ1) is 17.0. The zero-order valence-electron chi connectivity index (χ0n) is 21.0. The summed E-state index contributed by atoms with van der Waals surface area (Å²) in [7, 11) is 1.57. The lowest BCUT2D eigenvalue weighted by atomic mass is 9.94. The third-order valence-electron chi connectivity index (χ3n) is 6.38. The molecule has 1 fully saturated rings. The highest BCUT2D eigenvalue weighted by molar-refractivity contribution is 6.27. The maximum absolute atomic E-state index is 13.8. The molecule has 35 heavy (non-hydrogen) atoms. The summed E-state index contributed by atoms with van der Waals surface area (Å²) in [6.07, 6.45) is 6.16. The Labute approximate surface area is 213 Å². The normalized spacial score (nSPS) is 14.7. The van der Waals surface area contributed by atoms with E-state index in [2.05, 4.69) is 5.32 Å². The van der Waals surface area contributed by atoms with Gasteiger partial charge in [0, 0.05) is 12.6 Å². The minimum atomic E-state index is -0.849. The molecule has 1 aliphatic carbocycles. The third kappa shape index (κ3) is 7.38. The smallest absolute Gasteiger partial charge is 0.247 e. The topological polar surface area (TPSA) is 67.9 Å². The molecule has 1 unspecified atom stereocenters. The van der Waals surface area contributed by atoms with E-state index in [-0.39, 0.29) is 30.3 Å². The highest BCUT2D eigenvalue weighted by Gasteiger charge is 2.33. The van der Waals surface area contributed by atoms with Crippen molar-refractivity contribution in [1.82, 2.24) is 10.2 Å². The molecule has 0 aliphatic heterocycles. The van der Waals surface area contributed by atoms with Gasteiger partial charge in [-0.3, -0.25) is 9.59 Å². The van der Waals surface area contributed by atoms with Crippen molar-refractivity contribution in [2.45, 2.75) is 71.0 Å². The van der Waals surface area contributed by atoms with Crippen molar-refractivity contribution in [3.63, 3.8) is 0 Å². The number of nitrogens with one attached hydrogen (secondary N) is 1. The average Bonchev–Trinajstić information content (AvgIpc) is 2.88. The van der Waals surface area contributed by atoms with Gasteiger partial charge in [-0.25, -0.2) is 0 Å². The number of hydrogen-bond donors (Lipinski definition) is 1. The van der Waals surface area contributed by atoms with E-state index in [1.54, 1.807) is 24.1 Å². The van der Waals surface area contributed by atoms with Crippen LogP contribution in [0.15, 0.2) is 42.5 Å². The van der Waals surface area contributed by atoms with E-state index in [9.17, 15) is 9.59 Å². The summed E-state index contributed by atoms with van der Waals surface area (Å²) in [5.74, 6) is 0.417. The summed E-state index contributed by atoms with van der Waals surface area (Å²) in [6, 6.07) is 12.6. The molecule has 0 bridgehead atoms. The number of alkyl halides is 1. The van der Waals surface area contributed by atoms with Crippen molar-refractivity contribution in [2.75, 3.05) is 19.6 Å². The van der Waals surface area contributed by atoms with Crippen LogP contribution in [0.1, 0.15) is 68.2 Å². The molecule has 1 N–H and O–H groups in total. The molecule has 2 aromatic rings. The first-order valence-corrected chi connectivity index (χ1v) is 13.0. The minimum Gasteiger partial charge on any atom is -0.493 e. The minimum absolute atomic E-state index is 0.111. The van der Waals surface area contributed by atoms with Crippen molar-refractivity contribution < 1.29 is 19.1 Å². The zero-order chi connectivity index (χ0) is 25.2. The van der Waals surface area contributed by atoms with Crippen LogP contribution in [0.2, 0.25) is 0 Å². The van der Waals surface area contributed by atoms with Gasteiger partial charge in [0.2, 0.25) is 11.8 Å². The van der Waals surface area contributed by atoms with Gasteiger partial charge in [-0.2, -0.15) is 0 Å². The molecule has 1 atom stereocenters. The maximum Gasteiger partial charge on any atom is 0.247 e. The van der Waals surface area contributed by atoms with Crippen LogP contribution < -0.4 is 14.8 Å². The fraction of sp³-hybridized carbons (Fsp3) is 0.500. The van der Waals surface area contributed by atoms with Crippen molar-refractivity contribution >= 4 is 23.4 Å². The second-order valence-corrected chi connectivity index (χ2v) is 9.41. The maximum atomic E-state index is 13.8. The second kappa shape index (κ2) is 13.4. The number of halogens is 1. The Morgan fingerprint density at radius 2 is 1.80 bits per heavy atom. The summed E-state index contributed by atoms with van der Waals surface area (Å²) in [5.41, 5.74) is 2.71. The number of ether oxygens (including phenoxy) is 2. The fourth-order valence-corrected chi connectivity index (χ4v) is 4.63. The van der Waals surface area contributed by atoms with Crippen LogP contribution in [0.5, 0.6) is 11.5 Å². The van der Waals surface area contributed by atoms with Crippen LogP contribution >= 0.6 is 11.6 Å². The summed E-state index contributed by atoms with van der Waals surface area (Å²) >= 11 is 6.04. The van der Waals surface area contributed by atoms with E-state index in [1.165, 1.54) is 6.42 Å². The lowest BCUT2D eigenvalue weighted by Crippen LogP contribution is -2.47. The van der Waals surface area contributed by atoms with Crippen LogP contribution in [-0.4, -0.2) is 42.4 Å². The molecule has 0 radical (unpaired) electrons. The third-order valence-corrected chi connectivity index (χ3v) is 6.61. The summed E-state index contributed by atoms with van der Waals surface area (Å²) in [6.45, 7) is 4.88. The molecule has 2 amide bonds. The van der Waals surface area contributed by atoms with Gasteiger partial charge in [0.25, 0.3) is 0 Å². The molecule has 7 heteroatoms. The molecule has 1 saturated carbocycles. The Morgan fingerprint density at radius 1 is 1.09 bits per heavy atom. The quantitative estimate of drug-likeness (QED) is 0.411. The first kappa shape index (κ1) is 26.9. The van der Waals surface area contributed by atoms with E-state index in [4.69, 9.17) is 21.1 Å². The fourth-order valence-electron chi connectivity index (χ4n) is 4.48. The van der Waals surface area contributed by atoms with Gasteiger partial charge in [0.05, 0.1) is 13.7 Å². The predicted octanol–water partition coefficient (Wildman–Crippen LogP) is 5.55. The SMILES string of the molecule is CCCOc1ccc(C(C(=O)NC2CCCCC2)N(Cc2ccc(C)cc2)C(=O)CCl)cc1OC. The van der Waals surface area contributed by atoms with Crippen LogP contribution in [0.25, 0.3) is 0 Å². The van der Waals surface area contributed by atoms with Crippen LogP contribution in [0.3, 0.4) is 0 Å². The van der Waals surface area contributed by atoms with Gasteiger partial charge in [-0.15, -0.1) is 11.6 Å². The molecule has 6 nitrogen and oxygen atoms in total. The summed E-state index contributed by atoms with van der Waals surface area (Å²) in [4.78, 5) is 28.4. The molecular weight excluding hydrogens is 464 g/mol. The van der Waals surface area contributed by atoms with E-state index in [0.717, 1.165) is 43.2 Å².